The van der Waals surface area contributed by atoms with Crippen LogP contribution in [-0.2, 0) is 24.4 Å². The summed E-state index contributed by atoms with van der Waals surface area (Å²) in [5.74, 6) is 2.56. The molecule has 0 radical (unpaired) electrons. The number of aliphatic imine (C=N–C) groups is 1. The van der Waals surface area contributed by atoms with Gasteiger partial charge in [-0.05, 0) is 24.1 Å². The first-order valence-electron chi connectivity index (χ1n) is 10.9. The SMILES string of the molecule is CN=C(NCc1ccc(C)cc1OCCCOC)NCc1nccn1Cc1ccccc1. The Morgan fingerprint density at radius 2 is 1.88 bits per heavy atom. The van der Waals surface area contributed by atoms with Crippen molar-refractivity contribution in [1.82, 2.24) is 20.2 Å². The van der Waals surface area contributed by atoms with Gasteiger partial charge in [-0.15, -0.1) is 0 Å². The van der Waals surface area contributed by atoms with E-state index in [0.717, 1.165) is 30.1 Å². The first-order valence-corrected chi connectivity index (χ1v) is 10.9. The number of nitrogens with zero attached hydrogens (tertiary/aromatic N) is 3. The molecule has 2 N–H and O–H groups in total. The van der Waals surface area contributed by atoms with E-state index in [0.29, 0.717) is 32.3 Å². The average Bonchev–Trinajstić information content (AvgIpc) is 3.25. The molecule has 0 unspecified atom stereocenters. The molecule has 0 saturated carbocycles. The Hall–Kier alpha value is -3.32. The molecule has 0 aliphatic rings. The number of guanidine groups is 1. The molecule has 0 spiro atoms. The predicted molar refractivity (Wildman–Crippen MR) is 128 cm³/mol. The maximum Gasteiger partial charge on any atom is 0.191 e. The van der Waals surface area contributed by atoms with Crippen molar-refractivity contribution in [2.75, 3.05) is 27.4 Å². The molecule has 170 valence electrons. The van der Waals surface area contributed by atoms with E-state index in [9.17, 15) is 0 Å². The lowest BCUT2D eigenvalue weighted by atomic mass is 10.1. The van der Waals surface area contributed by atoms with Gasteiger partial charge in [-0.2, -0.15) is 0 Å². The van der Waals surface area contributed by atoms with Gasteiger partial charge in [0.2, 0.25) is 0 Å². The smallest absolute Gasteiger partial charge is 0.191 e. The number of nitrogens with one attached hydrogen (secondary N) is 2. The van der Waals surface area contributed by atoms with Gasteiger partial charge in [0.25, 0.3) is 0 Å². The van der Waals surface area contributed by atoms with E-state index in [4.69, 9.17) is 9.47 Å². The van der Waals surface area contributed by atoms with Crippen LogP contribution in [0.3, 0.4) is 0 Å². The number of rotatable bonds is 11. The lowest BCUT2D eigenvalue weighted by Crippen LogP contribution is -2.37. The number of hydrogen-bond acceptors (Lipinski definition) is 4. The van der Waals surface area contributed by atoms with Crippen molar-refractivity contribution in [3.63, 3.8) is 0 Å². The maximum absolute atomic E-state index is 5.98. The molecule has 32 heavy (non-hydrogen) atoms. The van der Waals surface area contributed by atoms with Crippen LogP contribution in [0, 0.1) is 6.92 Å². The normalized spacial score (nSPS) is 11.4. The van der Waals surface area contributed by atoms with Crippen LogP contribution < -0.4 is 15.4 Å². The molecular formula is C25H33N5O2. The van der Waals surface area contributed by atoms with E-state index >= 15 is 0 Å². The van der Waals surface area contributed by atoms with Gasteiger partial charge >= 0.3 is 0 Å². The third-order valence-corrected chi connectivity index (χ3v) is 5.05. The average molecular weight is 436 g/mol. The van der Waals surface area contributed by atoms with Gasteiger partial charge in [-0.3, -0.25) is 4.99 Å². The minimum atomic E-state index is 0.577. The van der Waals surface area contributed by atoms with Crippen LogP contribution in [0.5, 0.6) is 5.75 Å². The minimum Gasteiger partial charge on any atom is -0.493 e. The minimum absolute atomic E-state index is 0.577. The molecule has 7 nitrogen and oxygen atoms in total. The summed E-state index contributed by atoms with van der Waals surface area (Å²) in [5, 5.41) is 6.73. The summed E-state index contributed by atoms with van der Waals surface area (Å²) >= 11 is 0. The molecule has 7 heteroatoms. The third-order valence-electron chi connectivity index (χ3n) is 5.05. The van der Waals surface area contributed by atoms with Gasteiger partial charge < -0.3 is 24.7 Å². The zero-order valence-corrected chi connectivity index (χ0v) is 19.2. The first kappa shape index (κ1) is 23.3. The lowest BCUT2D eigenvalue weighted by molar-refractivity contribution is 0.171. The number of ether oxygens (including phenoxy) is 2. The fraction of sp³-hybridized carbons (Fsp3) is 0.360. The zero-order valence-electron chi connectivity index (χ0n) is 19.2. The van der Waals surface area contributed by atoms with Crippen LogP contribution in [0.1, 0.15) is 28.9 Å². The van der Waals surface area contributed by atoms with Gasteiger partial charge in [0.15, 0.2) is 5.96 Å². The summed E-state index contributed by atoms with van der Waals surface area (Å²) in [6, 6.07) is 16.6. The van der Waals surface area contributed by atoms with Crippen LogP contribution in [-0.4, -0.2) is 42.9 Å². The Balaban J connectivity index is 1.55. The van der Waals surface area contributed by atoms with Gasteiger partial charge in [0.05, 0.1) is 13.2 Å². The number of aryl methyl sites for hydroxylation is 1. The number of methoxy groups -OCH3 is 1. The van der Waals surface area contributed by atoms with Crippen molar-refractivity contribution in [2.45, 2.75) is 33.0 Å². The van der Waals surface area contributed by atoms with Gasteiger partial charge in [-0.1, -0.05) is 42.5 Å². The number of aromatic nitrogens is 2. The van der Waals surface area contributed by atoms with E-state index in [1.165, 1.54) is 11.1 Å². The van der Waals surface area contributed by atoms with Crippen molar-refractivity contribution >= 4 is 5.96 Å². The number of benzene rings is 2. The topological polar surface area (TPSA) is 72.7 Å². The van der Waals surface area contributed by atoms with Crippen molar-refractivity contribution < 1.29 is 9.47 Å². The predicted octanol–water partition coefficient (Wildman–Crippen LogP) is 3.52. The quantitative estimate of drug-likeness (QED) is 0.274. The molecule has 3 rings (SSSR count). The molecule has 1 aromatic heterocycles. The molecule has 3 aromatic rings. The van der Waals surface area contributed by atoms with Crippen LogP contribution in [0.2, 0.25) is 0 Å². The highest BCUT2D eigenvalue weighted by atomic mass is 16.5. The molecule has 0 bridgehead atoms. The molecule has 0 aliphatic carbocycles. The Labute approximate surface area is 190 Å². The van der Waals surface area contributed by atoms with Gasteiger partial charge in [-0.25, -0.2) is 4.98 Å². The van der Waals surface area contributed by atoms with Crippen LogP contribution in [0.25, 0.3) is 0 Å². The van der Waals surface area contributed by atoms with Crippen molar-refractivity contribution in [3.8, 4) is 5.75 Å². The maximum atomic E-state index is 5.98. The monoisotopic (exact) mass is 435 g/mol. The van der Waals surface area contributed by atoms with Gasteiger partial charge in [0.1, 0.15) is 11.6 Å². The molecule has 0 amide bonds. The van der Waals surface area contributed by atoms with E-state index < -0.39 is 0 Å². The zero-order chi connectivity index (χ0) is 22.6. The fourth-order valence-electron chi connectivity index (χ4n) is 3.32. The third kappa shape index (κ3) is 7.13. The van der Waals surface area contributed by atoms with E-state index in [1.54, 1.807) is 14.2 Å². The number of imidazole rings is 1. The highest BCUT2D eigenvalue weighted by molar-refractivity contribution is 5.79. The molecule has 0 saturated heterocycles. The van der Waals surface area contributed by atoms with Crippen LogP contribution in [0.4, 0.5) is 0 Å². The highest BCUT2D eigenvalue weighted by Crippen LogP contribution is 2.20. The summed E-state index contributed by atoms with van der Waals surface area (Å²) in [5.41, 5.74) is 3.50. The number of hydrogen-bond donors (Lipinski definition) is 2. The summed E-state index contributed by atoms with van der Waals surface area (Å²) in [6.07, 6.45) is 4.69. The van der Waals surface area contributed by atoms with E-state index in [2.05, 4.69) is 74.6 Å². The summed E-state index contributed by atoms with van der Waals surface area (Å²) in [4.78, 5) is 8.85. The van der Waals surface area contributed by atoms with E-state index in [-0.39, 0.29) is 0 Å². The highest BCUT2D eigenvalue weighted by Gasteiger charge is 2.08. The lowest BCUT2D eigenvalue weighted by Gasteiger charge is -2.16. The molecule has 1 heterocycles. The second kappa shape index (κ2) is 12.5. The molecular weight excluding hydrogens is 402 g/mol. The van der Waals surface area contributed by atoms with Crippen molar-refractivity contribution in [3.05, 3.63) is 83.4 Å². The fourth-order valence-corrected chi connectivity index (χ4v) is 3.32. The molecule has 2 aromatic carbocycles. The summed E-state index contributed by atoms with van der Waals surface area (Å²) in [7, 11) is 3.47. The Kier molecular flexibility index (Phi) is 9.13. The Morgan fingerprint density at radius 3 is 2.66 bits per heavy atom. The first-order chi connectivity index (χ1) is 15.7. The van der Waals surface area contributed by atoms with E-state index in [1.807, 2.05) is 18.5 Å². The standard InChI is InChI=1S/C25H33N5O2/c1-20-10-11-22(23(16-20)32-15-7-14-31-3)17-28-25(26-2)29-18-24-27-12-13-30(24)19-21-8-5-4-6-9-21/h4-6,8-13,16H,7,14-15,17-19H2,1-3H3,(H2,26,28,29). The molecule has 0 fully saturated rings. The summed E-state index contributed by atoms with van der Waals surface area (Å²) < 4.78 is 13.2. The van der Waals surface area contributed by atoms with Crippen LogP contribution in [0.15, 0.2) is 65.9 Å². The second-order valence-electron chi connectivity index (χ2n) is 7.54. The molecule has 0 aliphatic heterocycles. The summed E-state index contributed by atoms with van der Waals surface area (Å²) in [6.45, 7) is 5.36. The van der Waals surface area contributed by atoms with Crippen LogP contribution >= 0.6 is 0 Å². The largest absolute Gasteiger partial charge is 0.493 e. The molecule has 0 atom stereocenters. The Bertz CT molecular complexity index is 985. The van der Waals surface area contributed by atoms with Crippen molar-refractivity contribution in [1.29, 1.82) is 0 Å². The second-order valence-corrected chi connectivity index (χ2v) is 7.54. The van der Waals surface area contributed by atoms with Gasteiger partial charge in [0, 0.05) is 58.2 Å². The Morgan fingerprint density at radius 1 is 1.06 bits per heavy atom. The van der Waals surface area contributed by atoms with Crippen molar-refractivity contribution in [2.24, 2.45) is 4.99 Å².